The van der Waals surface area contributed by atoms with Gasteiger partial charge in [0.2, 0.25) is 11.8 Å². The summed E-state index contributed by atoms with van der Waals surface area (Å²) in [6, 6.07) is 19.9. The van der Waals surface area contributed by atoms with E-state index in [1.165, 1.54) is 5.69 Å². The summed E-state index contributed by atoms with van der Waals surface area (Å²) in [5, 5.41) is 0. The van der Waals surface area contributed by atoms with E-state index in [-0.39, 0.29) is 11.8 Å². The van der Waals surface area contributed by atoms with Gasteiger partial charge < -0.3 is 4.90 Å². The summed E-state index contributed by atoms with van der Waals surface area (Å²) in [4.78, 5) is 29.3. The van der Waals surface area contributed by atoms with Crippen molar-refractivity contribution < 1.29 is 9.59 Å². The van der Waals surface area contributed by atoms with Crippen LogP contribution in [0.4, 0.5) is 5.69 Å². The van der Waals surface area contributed by atoms with Gasteiger partial charge in [-0.05, 0) is 31.5 Å². The molecule has 0 radical (unpaired) electrons. The van der Waals surface area contributed by atoms with Crippen LogP contribution < -0.4 is 15.8 Å². The molecule has 1 heterocycles. The number of para-hydroxylation sites is 1. The molecular formula is C23H30N4O2. The second-order valence-corrected chi connectivity index (χ2v) is 7.91. The Labute approximate surface area is 172 Å². The Balaban J connectivity index is 1.38. The summed E-state index contributed by atoms with van der Waals surface area (Å²) in [6.45, 7) is 8.13. The molecule has 2 amide bonds. The second-order valence-electron chi connectivity index (χ2n) is 7.91. The van der Waals surface area contributed by atoms with E-state index in [1.807, 2.05) is 50.2 Å². The van der Waals surface area contributed by atoms with Crippen LogP contribution in [0, 0.1) is 0 Å². The first-order chi connectivity index (χ1) is 14.0. The molecule has 0 bridgehead atoms. The van der Waals surface area contributed by atoms with Crippen molar-refractivity contribution >= 4 is 17.5 Å². The van der Waals surface area contributed by atoms with E-state index in [9.17, 15) is 9.59 Å². The lowest BCUT2D eigenvalue weighted by molar-refractivity contribution is -0.131. The predicted molar refractivity (Wildman–Crippen MR) is 115 cm³/mol. The molecule has 0 atom stereocenters. The van der Waals surface area contributed by atoms with Gasteiger partial charge in [0.25, 0.3) is 0 Å². The quantitative estimate of drug-likeness (QED) is 0.738. The zero-order valence-electron chi connectivity index (χ0n) is 17.2. The Bertz CT molecular complexity index is 800. The molecule has 154 valence electrons. The van der Waals surface area contributed by atoms with Crippen molar-refractivity contribution in [2.75, 3.05) is 37.6 Å². The lowest BCUT2D eigenvalue weighted by atomic mass is 9.84. The van der Waals surface area contributed by atoms with Crippen molar-refractivity contribution in [1.82, 2.24) is 15.8 Å². The van der Waals surface area contributed by atoms with Crippen molar-refractivity contribution in [3.05, 3.63) is 66.2 Å². The molecule has 3 rings (SSSR count). The normalized spacial score (nSPS) is 15.0. The molecule has 2 aromatic rings. The number of piperazine rings is 1. The number of nitrogens with zero attached hydrogens (tertiary/aromatic N) is 2. The number of hydrogen-bond donors (Lipinski definition) is 2. The molecular weight excluding hydrogens is 364 g/mol. The van der Waals surface area contributed by atoms with Gasteiger partial charge in [-0.2, -0.15) is 0 Å². The zero-order valence-corrected chi connectivity index (χ0v) is 17.2. The van der Waals surface area contributed by atoms with E-state index >= 15 is 0 Å². The number of hydrazine groups is 1. The largest absolute Gasteiger partial charge is 0.369 e. The van der Waals surface area contributed by atoms with Crippen LogP contribution in [0.2, 0.25) is 0 Å². The molecule has 2 N–H and O–H groups in total. The molecule has 29 heavy (non-hydrogen) atoms. The number of nitrogens with one attached hydrogen (secondary N) is 2. The second kappa shape index (κ2) is 9.56. The van der Waals surface area contributed by atoms with E-state index in [2.05, 4.69) is 44.9 Å². The summed E-state index contributed by atoms with van der Waals surface area (Å²) in [5.74, 6) is -0.402. The monoisotopic (exact) mass is 394 g/mol. The Morgan fingerprint density at radius 1 is 0.862 bits per heavy atom. The number of hydrogen-bond acceptors (Lipinski definition) is 4. The van der Waals surface area contributed by atoms with Crippen molar-refractivity contribution in [1.29, 1.82) is 0 Å². The maximum atomic E-state index is 12.5. The fourth-order valence-corrected chi connectivity index (χ4v) is 3.46. The number of carbonyl (C=O) groups is 2. The minimum atomic E-state index is -0.720. The number of amides is 2. The van der Waals surface area contributed by atoms with Gasteiger partial charge in [-0.3, -0.25) is 25.3 Å². The predicted octanol–water partition coefficient (Wildman–Crippen LogP) is 2.32. The van der Waals surface area contributed by atoms with Crippen LogP contribution in [0.15, 0.2) is 60.7 Å². The van der Waals surface area contributed by atoms with Crippen LogP contribution >= 0.6 is 0 Å². The molecule has 6 nitrogen and oxygen atoms in total. The molecule has 0 saturated carbocycles. The highest BCUT2D eigenvalue weighted by Crippen LogP contribution is 2.22. The molecule has 1 aliphatic rings. The lowest BCUT2D eigenvalue weighted by Gasteiger charge is -2.36. The summed E-state index contributed by atoms with van der Waals surface area (Å²) < 4.78 is 0. The lowest BCUT2D eigenvalue weighted by Crippen LogP contribution is -2.50. The first-order valence-electron chi connectivity index (χ1n) is 10.1. The standard InChI is InChI=1S/C23H30N4O2/c1-23(2,19-9-5-3-6-10-19)22(29)25-24-21(28)13-14-26-15-17-27(18-16-26)20-11-7-4-8-12-20/h3-12H,13-18H2,1-2H3,(H,24,28)(H,25,29). The van der Waals surface area contributed by atoms with Crippen molar-refractivity contribution in [2.45, 2.75) is 25.7 Å². The molecule has 0 spiro atoms. The van der Waals surface area contributed by atoms with Crippen LogP contribution in [0.1, 0.15) is 25.8 Å². The van der Waals surface area contributed by atoms with Gasteiger partial charge in [-0.15, -0.1) is 0 Å². The van der Waals surface area contributed by atoms with E-state index < -0.39 is 5.41 Å². The van der Waals surface area contributed by atoms with Gasteiger partial charge in [0.05, 0.1) is 5.41 Å². The van der Waals surface area contributed by atoms with E-state index in [0.29, 0.717) is 13.0 Å². The van der Waals surface area contributed by atoms with Crippen molar-refractivity contribution in [3.8, 4) is 0 Å². The Kier molecular flexibility index (Phi) is 6.88. The maximum Gasteiger partial charge on any atom is 0.248 e. The third kappa shape index (κ3) is 5.57. The van der Waals surface area contributed by atoms with Crippen LogP contribution in [-0.2, 0) is 15.0 Å². The fraction of sp³-hybridized carbons (Fsp3) is 0.391. The van der Waals surface area contributed by atoms with Gasteiger partial charge in [0.1, 0.15) is 0 Å². The molecule has 1 saturated heterocycles. The smallest absolute Gasteiger partial charge is 0.248 e. The van der Waals surface area contributed by atoms with Gasteiger partial charge >= 0.3 is 0 Å². The first-order valence-corrected chi connectivity index (χ1v) is 10.1. The number of carbonyl (C=O) groups excluding carboxylic acids is 2. The van der Waals surface area contributed by atoms with Crippen LogP contribution in [0.3, 0.4) is 0 Å². The molecule has 0 aromatic heterocycles. The molecule has 1 aliphatic heterocycles. The molecule has 1 fully saturated rings. The van der Waals surface area contributed by atoms with Crippen LogP contribution in [0.25, 0.3) is 0 Å². The van der Waals surface area contributed by atoms with Gasteiger partial charge in [0, 0.05) is 44.8 Å². The minimum absolute atomic E-state index is 0.173. The summed E-state index contributed by atoms with van der Waals surface area (Å²) in [6.07, 6.45) is 0.359. The number of benzene rings is 2. The van der Waals surface area contributed by atoms with Crippen molar-refractivity contribution in [3.63, 3.8) is 0 Å². The summed E-state index contributed by atoms with van der Waals surface area (Å²) >= 11 is 0. The number of rotatable bonds is 6. The average Bonchev–Trinajstić information content (AvgIpc) is 2.77. The molecule has 2 aromatic carbocycles. The first kappa shape index (κ1) is 20.9. The highest BCUT2D eigenvalue weighted by atomic mass is 16.2. The van der Waals surface area contributed by atoms with Gasteiger partial charge in [0.15, 0.2) is 0 Å². The van der Waals surface area contributed by atoms with Crippen LogP contribution in [-0.4, -0.2) is 49.4 Å². The maximum absolute atomic E-state index is 12.5. The molecule has 0 unspecified atom stereocenters. The number of anilines is 1. The van der Waals surface area contributed by atoms with E-state index in [0.717, 1.165) is 31.7 Å². The minimum Gasteiger partial charge on any atom is -0.369 e. The molecule has 6 heteroatoms. The van der Waals surface area contributed by atoms with Gasteiger partial charge in [-0.1, -0.05) is 48.5 Å². The zero-order chi connectivity index (χ0) is 20.7. The van der Waals surface area contributed by atoms with E-state index in [1.54, 1.807) is 0 Å². The SMILES string of the molecule is CC(C)(C(=O)NNC(=O)CCN1CCN(c2ccccc2)CC1)c1ccccc1. The van der Waals surface area contributed by atoms with Crippen molar-refractivity contribution in [2.24, 2.45) is 0 Å². The third-order valence-corrected chi connectivity index (χ3v) is 5.53. The summed E-state index contributed by atoms with van der Waals surface area (Å²) in [5.41, 5.74) is 6.56. The third-order valence-electron chi connectivity index (χ3n) is 5.53. The average molecular weight is 395 g/mol. The topological polar surface area (TPSA) is 64.7 Å². The van der Waals surface area contributed by atoms with E-state index in [4.69, 9.17) is 0 Å². The van der Waals surface area contributed by atoms with Gasteiger partial charge in [-0.25, -0.2) is 0 Å². The van der Waals surface area contributed by atoms with Crippen LogP contribution in [0.5, 0.6) is 0 Å². The Morgan fingerprint density at radius 3 is 2.07 bits per heavy atom. The Morgan fingerprint density at radius 2 is 1.45 bits per heavy atom. The Hall–Kier alpha value is -2.86. The summed E-state index contributed by atoms with van der Waals surface area (Å²) in [7, 11) is 0. The highest BCUT2D eigenvalue weighted by Gasteiger charge is 2.29. The fourth-order valence-electron chi connectivity index (χ4n) is 3.46. The highest BCUT2D eigenvalue weighted by molar-refractivity contribution is 5.89. The molecule has 0 aliphatic carbocycles.